The molecule has 1 aromatic rings. The molecule has 4 heteroatoms. The molecule has 0 aromatic heterocycles. The van der Waals surface area contributed by atoms with Gasteiger partial charge in [0.1, 0.15) is 0 Å². The molecule has 0 amide bonds. The van der Waals surface area contributed by atoms with E-state index in [2.05, 4.69) is 17.0 Å². The summed E-state index contributed by atoms with van der Waals surface area (Å²) < 4.78 is 11.2. The summed E-state index contributed by atoms with van der Waals surface area (Å²) in [5.41, 5.74) is 7.73. The Hall–Kier alpha value is -1.10. The van der Waals surface area contributed by atoms with Gasteiger partial charge in [0.15, 0.2) is 6.29 Å². The molecule has 2 rings (SSSR count). The lowest BCUT2D eigenvalue weighted by atomic mass is 10.2. The Morgan fingerprint density at radius 1 is 1.31 bits per heavy atom. The fourth-order valence-corrected chi connectivity index (χ4v) is 1.68. The van der Waals surface area contributed by atoms with E-state index >= 15 is 0 Å². The van der Waals surface area contributed by atoms with Crippen molar-refractivity contribution in [2.45, 2.75) is 12.4 Å². The van der Waals surface area contributed by atoms with Crippen molar-refractivity contribution >= 4 is 5.69 Å². The number of anilines is 1. The minimum atomic E-state index is -0.259. The van der Waals surface area contributed by atoms with Gasteiger partial charge in [0.25, 0.3) is 0 Å². The van der Waals surface area contributed by atoms with E-state index in [1.807, 2.05) is 26.2 Å². The first-order valence-corrected chi connectivity index (χ1v) is 5.45. The molecule has 0 radical (unpaired) electrons. The van der Waals surface area contributed by atoms with Gasteiger partial charge in [-0.25, -0.2) is 0 Å². The van der Waals surface area contributed by atoms with Crippen molar-refractivity contribution in [3.8, 4) is 0 Å². The minimum absolute atomic E-state index is 0.0264. The normalized spacial score (nSPS) is 24.7. The first-order chi connectivity index (χ1) is 7.70. The number of benzene rings is 1. The van der Waals surface area contributed by atoms with Crippen LogP contribution >= 0.6 is 0 Å². The van der Waals surface area contributed by atoms with Crippen molar-refractivity contribution in [1.29, 1.82) is 0 Å². The van der Waals surface area contributed by atoms with Gasteiger partial charge >= 0.3 is 0 Å². The fourth-order valence-electron chi connectivity index (χ4n) is 1.68. The highest BCUT2D eigenvalue weighted by Gasteiger charge is 2.25. The standard InChI is InChI=1S/C12H18N2O2/c1-14(2)10-5-3-9(4-6-10)12-15-8-11(7-13)16-12/h3-6,11-12H,7-8,13H2,1-2H3. The van der Waals surface area contributed by atoms with Crippen LogP contribution in [-0.2, 0) is 9.47 Å². The van der Waals surface area contributed by atoms with Crippen LogP contribution in [0.4, 0.5) is 5.69 Å². The van der Waals surface area contributed by atoms with Gasteiger partial charge in [0, 0.05) is 31.9 Å². The van der Waals surface area contributed by atoms with Gasteiger partial charge < -0.3 is 20.1 Å². The fraction of sp³-hybridized carbons (Fsp3) is 0.500. The number of nitrogens with zero attached hydrogens (tertiary/aromatic N) is 1. The zero-order chi connectivity index (χ0) is 11.5. The molecule has 1 aliphatic heterocycles. The van der Waals surface area contributed by atoms with Crippen molar-refractivity contribution in [2.24, 2.45) is 5.73 Å². The number of rotatable bonds is 3. The maximum atomic E-state index is 5.64. The minimum Gasteiger partial charge on any atom is -0.378 e. The topological polar surface area (TPSA) is 47.7 Å². The molecular formula is C12H18N2O2. The lowest BCUT2D eigenvalue weighted by molar-refractivity contribution is -0.0585. The Morgan fingerprint density at radius 3 is 2.50 bits per heavy atom. The van der Waals surface area contributed by atoms with E-state index in [4.69, 9.17) is 15.2 Å². The molecular weight excluding hydrogens is 204 g/mol. The SMILES string of the molecule is CN(C)c1ccc(C2OCC(CN)O2)cc1. The molecule has 2 N–H and O–H groups in total. The molecule has 1 saturated heterocycles. The largest absolute Gasteiger partial charge is 0.378 e. The molecule has 16 heavy (non-hydrogen) atoms. The highest BCUT2D eigenvalue weighted by Crippen LogP contribution is 2.27. The summed E-state index contributed by atoms with van der Waals surface area (Å²) in [6.07, 6.45) is -0.233. The Bertz CT molecular complexity index is 337. The number of nitrogens with two attached hydrogens (primary N) is 1. The first-order valence-electron chi connectivity index (χ1n) is 5.45. The van der Waals surface area contributed by atoms with Crippen LogP contribution in [0.25, 0.3) is 0 Å². The van der Waals surface area contributed by atoms with Gasteiger partial charge in [0.05, 0.1) is 12.7 Å². The predicted molar refractivity (Wildman–Crippen MR) is 63.4 cm³/mol. The smallest absolute Gasteiger partial charge is 0.184 e. The molecule has 1 heterocycles. The lowest BCUT2D eigenvalue weighted by Gasteiger charge is -2.15. The summed E-state index contributed by atoms with van der Waals surface area (Å²) in [5.74, 6) is 0. The Balaban J connectivity index is 2.05. The van der Waals surface area contributed by atoms with Gasteiger partial charge in [-0.2, -0.15) is 0 Å². The van der Waals surface area contributed by atoms with Crippen LogP contribution in [0.3, 0.4) is 0 Å². The highest BCUT2D eigenvalue weighted by molar-refractivity contribution is 5.46. The molecule has 88 valence electrons. The second kappa shape index (κ2) is 4.82. The van der Waals surface area contributed by atoms with Crippen LogP contribution in [-0.4, -0.2) is 33.4 Å². The highest BCUT2D eigenvalue weighted by atomic mass is 16.7. The quantitative estimate of drug-likeness (QED) is 0.832. The summed E-state index contributed by atoms with van der Waals surface area (Å²) in [6.45, 7) is 1.09. The van der Waals surface area contributed by atoms with Crippen LogP contribution in [0.15, 0.2) is 24.3 Å². The average Bonchev–Trinajstić information content (AvgIpc) is 2.77. The van der Waals surface area contributed by atoms with E-state index in [1.165, 1.54) is 0 Å². The molecule has 1 aliphatic rings. The van der Waals surface area contributed by atoms with E-state index < -0.39 is 0 Å². The number of hydrogen-bond donors (Lipinski definition) is 1. The Kier molecular flexibility index (Phi) is 3.43. The summed E-state index contributed by atoms with van der Waals surface area (Å²) in [7, 11) is 4.03. The third kappa shape index (κ3) is 2.35. The third-order valence-electron chi connectivity index (χ3n) is 2.69. The zero-order valence-electron chi connectivity index (χ0n) is 9.72. The van der Waals surface area contributed by atoms with Crippen molar-refractivity contribution in [2.75, 3.05) is 32.1 Å². The third-order valence-corrected chi connectivity index (χ3v) is 2.69. The summed E-state index contributed by atoms with van der Waals surface area (Å²) in [5, 5.41) is 0. The van der Waals surface area contributed by atoms with Crippen molar-refractivity contribution in [3.05, 3.63) is 29.8 Å². The maximum Gasteiger partial charge on any atom is 0.184 e. The summed E-state index contributed by atoms with van der Waals surface area (Å²) >= 11 is 0. The van der Waals surface area contributed by atoms with E-state index in [0.717, 1.165) is 11.3 Å². The molecule has 0 bridgehead atoms. The monoisotopic (exact) mass is 222 g/mol. The molecule has 1 aromatic carbocycles. The zero-order valence-corrected chi connectivity index (χ0v) is 9.72. The number of hydrogen-bond acceptors (Lipinski definition) is 4. The van der Waals surface area contributed by atoms with E-state index in [-0.39, 0.29) is 12.4 Å². The van der Waals surface area contributed by atoms with Crippen molar-refractivity contribution in [3.63, 3.8) is 0 Å². The molecule has 0 spiro atoms. The van der Waals surface area contributed by atoms with E-state index in [9.17, 15) is 0 Å². The molecule has 0 saturated carbocycles. The van der Waals surface area contributed by atoms with E-state index in [0.29, 0.717) is 13.2 Å². The molecule has 0 aliphatic carbocycles. The van der Waals surface area contributed by atoms with Gasteiger partial charge in [0.2, 0.25) is 0 Å². The van der Waals surface area contributed by atoms with Gasteiger partial charge in [-0.15, -0.1) is 0 Å². The van der Waals surface area contributed by atoms with E-state index in [1.54, 1.807) is 0 Å². The van der Waals surface area contributed by atoms with Crippen molar-refractivity contribution in [1.82, 2.24) is 0 Å². The second-order valence-corrected chi connectivity index (χ2v) is 4.15. The molecule has 1 fully saturated rings. The van der Waals surface area contributed by atoms with Gasteiger partial charge in [-0.3, -0.25) is 0 Å². The van der Waals surface area contributed by atoms with Crippen LogP contribution in [0.2, 0.25) is 0 Å². The van der Waals surface area contributed by atoms with Crippen LogP contribution in [0, 0.1) is 0 Å². The molecule has 4 nitrogen and oxygen atoms in total. The number of ether oxygens (including phenoxy) is 2. The average molecular weight is 222 g/mol. The maximum absolute atomic E-state index is 5.64. The summed E-state index contributed by atoms with van der Waals surface area (Å²) in [6, 6.07) is 8.16. The van der Waals surface area contributed by atoms with Crippen LogP contribution < -0.4 is 10.6 Å². The molecule has 2 atom stereocenters. The Morgan fingerprint density at radius 2 is 2.00 bits per heavy atom. The predicted octanol–water partition coefficient (Wildman–Crippen LogP) is 1.13. The lowest BCUT2D eigenvalue weighted by Crippen LogP contribution is -2.21. The van der Waals surface area contributed by atoms with Crippen LogP contribution in [0.5, 0.6) is 0 Å². The van der Waals surface area contributed by atoms with Gasteiger partial charge in [-0.05, 0) is 12.1 Å². The molecule has 2 unspecified atom stereocenters. The Labute approximate surface area is 95.9 Å². The summed E-state index contributed by atoms with van der Waals surface area (Å²) in [4.78, 5) is 2.06. The van der Waals surface area contributed by atoms with Crippen molar-refractivity contribution < 1.29 is 9.47 Å². The van der Waals surface area contributed by atoms with Gasteiger partial charge in [-0.1, -0.05) is 12.1 Å². The first kappa shape index (κ1) is 11.4. The second-order valence-electron chi connectivity index (χ2n) is 4.15. The van der Waals surface area contributed by atoms with Crippen LogP contribution in [0.1, 0.15) is 11.9 Å².